The molecule has 3 aromatic rings. The zero-order valence-electron chi connectivity index (χ0n) is 16.9. The first kappa shape index (κ1) is 19.2. The molecule has 3 heterocycles. The summed E-state index contributed by atoms with van der Waals surface area (Å²) < 4.78 is 1.76. The normalized spacial score (nSPS) is 17.3. The van der Waals surface area contributed by atoms with Crippen molar-refractivity contribution >= 4 is 23.2 Å². The van der Waals surface area contributed by atoms with Gasteiger partial charge in [0.25, 0.3) is 5.91 Å². The Morgan fingerprint density at radius 3 is 2.30 bits per heavy atom. The SMILES string of the molecule is O=C1c2nn(Cc3ccccc3)c(Cl)c2CCN1C1CCN(c2ccccc2)CC1. The summed E-state index contributed by atoms with van der Waals surface area (Å²) >= 11 is 6.60. The predicted molar refractivity (Wildman–Crippen MR) is 119 cm³/mol. The third-order valence-corrected chi connectivity index (χ3v) is 6.67. The molecular weight excluding hydrogens is 396 g/mol. The molecule has 154 valence electrons. The van der Waals surface area contributed by atoms with Crippen molar-refractivity contribution in [3.8, 4) is 0 Å². The number of para-hydroxylation sites is 1. The van der Waals surface area contributed by atoms with Gasteiger partial charge in [-0.1, -0.05) is 60.1 Å². The Kier molecular flexibility index (Phi) is 5.21. The second kappa shape index (κ2) is 8.15. The number of piperidine rings is 1. The lowest BCUT2D eigenvalue weighted by atomic mass is 9.98. The summed E-state index contributed by atoms with van der Waals surface area (Å²) in [5.74, 6) is 0.0307. The highest BCUT2D eigenvalue weighted by Crippen LogP contribution is 2.30. The highest BCUT2D eigenvalue weighted by molar-refractivity contribution is 6.31. The Morgan fingerprint density at radius 2 is 1.60 bits per heavy atom. The van der Waals surface area contributed by atoms with Crippen LogP contribution in [0.1, 0.15) is 34.5 Å². The number of nitrogens with zero attached hydrogens (tertiary/aromatic N) is 4. The Morgan fingerprint density at radius 1 is 0.933 bits per heavy atom. The van der Waals surface area contributed by atoms with Crippen molar-refractivity contribution in [2.75, 3.05) is 24.5 Å². The molecule has 0 N–H and O–H groups in total. The molecule has 5 rings (SSSR count). The standard InChI is InChI=1S/C24H25ClN4O/c25-23-21-13-16-28(20-11-14-27(15-12-20)19-9-5-2-6-10-19)24(30)22(21)26-29(23)17-18-7-3-1-4-8-18/h1-10,20H,11-17H2. The summed E-state index contributed by atoms with van der Waals surface area (Å²) in [6.07, 6.45) is 2.73. The van der Waals surface area contributed by atoms with Crippen LogP contribution in [-0.2, 0) is 13.0 Å². The number of halogens is 1. The number of aromatic nitrogens is 2. The van der Waals surface area contributed by atoms with Gasteiger partial charge in [-0.15, -0.1) is 0 Å². The van der Waals surface area contributed by atoms with Gasteiger partial charge in [-0.2, -0.15) is 5.10 Å². The number of hydrogen-bond donors (Lipinski definition) is 0. The molecule has 0 saturated carbocycles. The second-order valence-corrected chi connectivity index (χ2v) is 8.42. The molecule has 2 aliphatic rings. The van der Waals surface area contributed by atoms with Crippen molar-refractivity contribution in [1.82, 2.24) is 14.7 Å². The Hall–Kier alpha value is -2.79. The van der Waals surface area contributed by atoms with E-state index in [0.717, 1.165) is 50.0 Å². The Labute approximate surface area is 181 Å². The van der Waals surface area contributed by atoms with Crippen molar-refractivity contribution in [1.29, 1.82) is 0 Å². The molecule has 0 bridgehead atoms. The zero-order valence-corrected chi connectivity index (χ0v) is 17.6. The molecule has 2 aromatic carbocycles. The van der Waals surface area contributed by atoms with Crippen molar-refractivity contribution in [3.63, 3.8) is 0 Å². The van der Waals surface area contributed by atoms with Crippen LogP contribution in [0, 0.1) is 0 Å². The summed E-state index contributed by atoms with van der Waals surface area (Å²) in [5.41, 5.74) is 3.81. The number of amides is 1. The summed E-state index contributed by atoms with van der Waals surface area (Å²) in [6.45, 7) is 3.23. The monoisotopic (exact) mass is 420 g/mol. The van der Waals surface area contributed by atoms with Crippen LogP contribution in [0.15, 0.2) is 60.7 Å². The van der Waals surface area contributed by atoms with Crippen LogP contribution >= 0.6 is 11.6 Å². The molecular formula is C24H25ClN4O. The minimum atomic E-state index is 0.0307. The summed E-state index contributed by atoms with van der Waals surface area (Å²) in [6, 6.07) is 20.9. The Bertz CT molecular complexity index is 1030. The maximum absolute atomic E-state index is 13.3. The van der Waals surface area contributed by atoms with Crippen LogP contribution in [0.3, 0.4) is 0 Å². The van der Waals surface area contributed by atoms with Crippen LogP contribution in [0.5, 0.6) is 0 Å². The lowest BCUT2D eigenvalue weighted by Crippen LogP contribution is -2.50. The molecule has 1 aromatic heterocycles. The van der Waals surface area contributed by atoms with Crippen LogP contribution in [0.2, 0.25) is 5.15 Å². The summed E-state index contributed by atoms with van der Waals surface area (Å²) in [4.78, 5) is 17.7. The number of carbonyl (C=O) groups excluding carboxylic acids is 1. The average Bonchev–Trinajstić information content (AvgIpc) is 3.12. The maximum atomic E-state index is 13.3. The van der Waals surface area contributed by atoms with Crippen molar-refractivity contribution in [3.05, 3.63) is 82.6 Å². The highest BCUT2D eigenvalue weighted by Gasteiger charge is 2.35. The number of fused-ring (bicyclic) bond motifs is 1. The van der Waals surface area contributed by atoms with Gasteiger partial charge in [0, 0.05) is 36.9 Å². The number of anilines is 1. The molecule has 30 heavy (non-hydrogen) atoms. The van der Waals surface area contributed by atoms with E-state index in [9.17, 15) is 4.79 Å². The molecule has 0 spiro atoms. The number of rotatable bonds is 4. The van der Waals surface area contributed by atoms with Gasteiger partial charge in [0.05, 0.1) is 6.54 Å². The first-order valence-electron chi connectivity index (χ1n) is 10.6. The van der Waals surface area contributed by atoms with Crippen LogP contribution < -0.4 is 4.90 Å². The van der Waals surface area contributed by atoms with Crippen LogP contribution in [0.4, 0.5) is 5.69 Å². The van der Waals surface area contributed by atoms with Gasteiger partial charge >= 0.3 is 0 Å². The molecule has 1 saturated heterocycles. The van der Waals surface area contributed by atoms with Gasteiger partial charge in [0.15, 0.2) is 5.69 Å². The van der Waals surface area contributed by atoms with Crippen LogP contribution in [-0.4, -0.2) is 46.3 Å². The van der Waals surface area contributed by atoms with Crippen molar-refractivity contribution in [2.45, 2.75) is 31.8 Å². The fourth-order valence-corrected chi connectivity index (χ4v) is 4.91. The van der Waals surface area contributed by atoms with Gasteiger partial charge < -0.3 is 9.80 Å². The van der Waals surface area contributed by atoms with Gasteiger partial charge in [0.2, 0.25) is 0 Å². The first-order chi connectivity index (χ1) is 14.7. The van der Waals surface area contributed by atoms with E-state index >= 15 is 0 Å². The second-order valence-electron chi connectivity index (χ2n) is 8.06. The van der Waals surface area contributed by atoms with Gasteiger partial charge in [-0.25, -0.2) is 4.68 Å². The lowest BCUT2D eigenvalue weighted by Gasteiger charge is -2.40. The van der Waals surface area contributed by atoms with Gasteiger partial charge in [-0.05, 0) is 37.0 Å². The van der Waals surface area contributed by atoms with E-state index in [1.807, 2.05) is 41.3 Å². The summed E-state index contributed by atoms with van der Waals surface area (Å²) in [7, 11) is 0. The van der Waals surface area contributed by atoms with E-state index < -0.39 is 0 Å². The van der Waals surface area contributed by atoms with E-state index in [2.05, 4.69) is 34.3 Å². The van der Waals surface area contributed by atoms with E-state index in [1.54, 1.807) is 4.68 Å². The van der Waals surface area contributed by atoms with E-state index in [-0.39, 0.29) is 11.9 Å². The van der Waals surface area contributed by atoms with Crippen molar-refractivity contribution in [2.24, 2.45) is 0 Å². The molecule has 0 aliphatic carbocycles. The average molecular weight is 421 g/mol. The highest BCUT2D eigenvalue weighted by atomic mass is 35.5. The molecule has 0 atom stereocenters. The fraction of sp³-hybridized carbons (Fsp3) is 0.333. The minimum absolute atomic E-state index is 0.0307. The lowest BCUT2D eigenvalue weighted by molar-refractivity contribution is 0.0624. The summed E-state index contributed by atoms with van der Waals surface area (Å²) in [5, 5.41) is 5.22. The van der Waals surface area contributed by atoms with E-state index in [1.165, 1.54) is 5.69 Å². The molecule has 5 nitrogen and oxygen atoms in total. The molecule has 6 heteroatoms. The number of hydrogen-bond acceptors (Lipinski definition) is 3. The van der Waals surface area contributed by atoms with E-state index in [4.69, 9.17) is 11.6 Å². The molecule has 0 radical (unpaired) electrons. The first-order valence-corrected chi connectivity index (χ1v) is 11.0. The molecule has 2 aliphatic heterocycles. The van der Waals surface area contributed by atoms with Crippen molar-refractivity contribution < 1.29 is 4.79 Å². The van der Waals surface area contributed by atoms with Gasteiger partial charge in [-0.3, -0.25) is 4.79 Å². The third kappa shape index (κ3) is 3.58. The van der Waals surface area contributed by atoms with Gasteiger partial charge in [0.1, 0.15) is 5.15 Å². The minimum Gasteiger partial charge on any atom is -0.371 e. The molecule has 1 amide bonds. The molecule has 1 fully saturated rings. The van der Waals surface area contributed by atoms with E-state index in [0.29, 0.717) is 17.4 Å². The molecule has 0 unspecified atom stereocenters. The topological polar surface area (TPSA) is 41.4 Å². The number of carbonyl (C=O) groups is 1. The van der Waals surface area contributed by atoms with Crippen LogP contribution in [0.25, 0.3) is 0 Å². The maximum Gasteiger partial charge on any atom is 0.274 e. The predicted octanol–water partition coefficient (Wildman–Crippen LogP) is 4.25. The smallest absolute Gasteiger partial charge is 0.274 e. The number of benzene rings is 2. The Balaban J connectivity index is 1.29. The largest absolute Gasteiger partial charge is 0.371 e. The fourth-order valence-electron chi connectivity index (χ4n) is 4.63. The zero-order chi connectivity index (χ0) is 20.5. The quantitative estimate of drug-likeness (QED) is 0.633. The third-order valence-electron chi connectivity index (χ3n) is 6.25.